The Balaban J connectivity index is 2.13. The first-order chi connectivity index (χ1) is 11.1. The first-order valence-corrected chi connectivity index (χ1v) is 6.98. The van der Waals surface area contributed by atoms with Gasteiger partial charge in [-0.15, -0.1) is 0 Å². The van der Waals surface area contributed by atoms with Crippen LogP contribution in [0.5, 0.6) is 0 Å². The van der Waals surface area contributed by atoms with Gasteiger partial charge in [0.15, 0.2) is 0 Å². The maximum Gasteiger partial charge on any atom is 0.269 e. The molecule has 23 heavy (non-hydrogen) atoms. The van der Waals surface area contributed by atoms with E-state index in [1.54, 1.807) is 18.3 Å². The van der Waals surface area contributed by atoms with Crippen molar-refractivity contribution in [2.24, 2.45) is 0 Å². The Morgan fingerprint density at radius 1 is 1.04 bits per heavy atom. The molecule has 0 aliphatic rings. The van der Waals surface area contributed by atoms with E-state index in [-0.39, 0.29) is 12.2 Å². The molecule has 116 valence electrons. The van der Waals surface area contributed by atoms with Gasteiger partial charge in [-0.2, -0.15) is 0 Å². The minimum atomic E-state index is -0.555. The summed E-state index contributed by atoms with van der Waals surface area (Å²) in [7, 11) is 0. The summed E-state index contributed by atoms with van der Waals surface area (Å²) in [5.41, 5.74) is 2.12. The lowest BCUT2D eigenvalue weighted by Crippen LogP contribution is -2.14. The number of hydrogen-bond donors (Lipinski definition) is 1. The van der Waals surface area contributed by atoms with Gasteiger partial charge in [0.2, 0.25) is 6.54 Å². The van der Waals surface area contributed by atoms with Gasteiger partial charge < -0.3 is 4.98 Å². The predicted molar refractivity (Wildman–Crippen MR) is 85.1 cm³/mol. The van der Waals surface area contributed by atoms with Gasteiger partial charge in [0, 0.05) is 34.2 Å². The van der Waals surface area contributed by atoms with Crippen LogP contribution in [0, 0.1) is 20.2 Å². The molecule has 0 bridgehead atoms. The fraction of sp³-hybridized carbons (Fsp3) is 0.125. The SMILES string of the molecule is O=[N+]([O-])CC(c1cccc([N+](=O)[O-])c1)c1c[nH]c2ccccc12. The molecule has 3 rings (SSSR count). The third-order valence-electron chi connectivity index (χ3n) is 3.81. The first kappa shape index (κ1) is 14.7. The zero-order valence-electron chi connectivity index (χ0n) is 12.0. The van der Waals surface area contributed by atoms with Crippen LogP contribution in [0.4, 0.5) is 5.69 Å². The second-order valence-corrected chi connectivity index (χ2v) is 5.21. The molecule has 0 saturated carbocycles. The van der Waals surface area contributed by atoms with Crippen molar-refractivity contribution in [1.82, 2.24) is 4.98 Å². The van der Waals surface area contributed by atoms with E-state index in [4.69, 9.17) is 0 Å². The summed E-state index contributed by atoms with van der Waals surface area (Å²) in [4.78, 5) is 24.3. The largest absolute Gasteiger partial charge is 0.361 e. The van der Waals surface area contributed by atoms with Gasteiger partial charge in [0.1, 0.15) is 0 Å². The molecule has 0 aliphatic heterocycles. The van der Waals surface area contributed by atoms with Crippen molar-refractivity contribution in [3.8, 4) is 0 Å². The van der Waals surface area contributed by atoms with Crippen LogP contribution in [0.15, 0.2) is 54.7 Å². The van der Waals surface area contributed by atoms with Crippen molar-refractivity contribution in [3.63, 3.8) is 0 Å². The molecule has 0 fully saturated rings. The molecule has 7 heteroatoms. The van der Waals surface area contributed by atoms with E-state index in [2.05, 4.69) is 4.98 Å². The number of rotatable bonds is 5. The molecule has 2 aromatic carbocycles. The van der Waals surface area contributed by atoms with Gasteiger partial charge in [0.05, 0.1) is 10.8 Å². The van der Waals surface area contributed by atoms with Crippen molar-refractivity contribution in [2.75, 3.05) is 6.54 Å². The highest BCUT2D eigenvalue weighted by atomic mass is 16.6. The highest BCUT2D eigenvalue weighted by molar-refractivity contribution is 5.84. The first-order valence-electron chi connectivity index (χ1n) is 6.98. The molecule has 3 aromatic rings. The summed E-state index contributed by atoms with van der Waals surface area (Å²) in [6, 6.07) is 13.5. The Hall–Kier alpha value is -3.22. The fourth-order valence-corrected chi connectivity index (χ4v) is 2.77. The molecule has 0 aliphatic carbocycles. The van der Waals surface area contributed by atoms with Gasteiger partial charge in [-0.05, 0) is 17.2 Å². The third kappa shape index (κ3) is 2.89. The number of nitro groups is 2. The van der Waals surface area contributed by atoms with E-state index in [1.165, 1.54) is 12.1 Å². The molecular formula is C16H13N3O4. The lowest BCUT2D eigenvalue weighted by atomic mass is 9.91. The molecule has 1 N–H and O–H groups in total. The second kappa shape index (κ2) is 5.88. The van der Waals surface area contributed by atoms with Gasteiger partial charge in [-0.25, -0.2) is 0 Å². The Labute approximate surface area is 130 Å². The summed E-state index contributed by atoms with van der Waals surface area (Å²) < 4.78 is 0. The predicted octanol–water partition coefficient (Wildman–Crippen LogP) is 3.48. The standard InChI is InChI=1S/C16H13N3O4/c20-18(21)10-15(11-4-3-5-12(8-11)19(22)23)14-9-17-16-7-2-1-6-13(14)16/h1-9,15,17H,10H2. The van der Waals surface area contributed by atoms with E-state index in [0.29, 0.717) is 5.56 Å². The number of H-pyrrole nitrogens is 1. The molecule has 7 nitrogen and oxygen atoms in total. The van der Waals surface area contributed by atoms with Crippen LogP contribution in [0.3, 0.4) is 0 Å². The summed E-state index contributed by atoms with van der Waals surface area (Å²) >= 11 is 0. The number of aromatic amines is 1. The van der Waals surface area contributed by atoms with Gasteiger partial charge in [-0.3, -0.25) is 20.2 Å². The summed E-state index contributed by atoms with van der Waals surface area (Å²) in [5.74, 6) is -0.555. The van der Waals surface area contributed by atoms with E-state index in [0.717, 1.165) is 16.5 Å². The van der Waals surface area contributed by atoms with Crippen LogP contribution >= 0.6 is 0 Å². The lowest BCUT2D eigenvalue weighted by Gasteiger charge is -2.12. The molecule has 1 heterocycles. The monoisotopic (exact) mass is 311 g/mol. The minimum Gasteiger partial charge on any atom is -0.361 e. The molecule has 0 saturated heterocycles. The van der Waals surface area contributed by atoms with Crippen LogP contribution in [-0.2, 0) is 0 Å². The molecule has 1 aromatic heterocycles. The number of nitrogens with one attached hydrogen (secondary N) is 1. The van der Waals surface area contributed by atoms with Crippen molar-refractivity contribution < 1.29 is 9.85 Å². The Morgan fingerprint density at radius 2 is 1.83 bits per heavy atom. The zero-order valence-corrected chi connectivity index (χ0v) is 12.0. The molecular weight excluding hydrogens is 298 g/mol. The van der Waals surface area contributed by atoms with Gasteiger partial charge >= 0.3 is 0 Å². The van der Waals surface area contributed by atoms with Crippen LogP contribution in [0.2, 0.25) is 0 Å². The average molecular weight is 311 g/mol. The maximum atomic E-state index is 11.1. The van der Waals surface area contributed by atoms with E-state index in [1.807, 2.05) is 24.3 Å². The van der Waals surface area contributed by atoms with E-state index in [9.17, 15) is 20.2 Å². The Morgan fingerprint density at radius 3 is 2.57 bits per heavy atom. The van der Waals surface area contributed by atoms with Crippen LogP contribution in [0.25, 0.3) is 10.9 Å². The van der Waals surface area contributed by atoms with Crippen molar-refractivity contribution in [3.05, 3.63) is 86.1 Å². The number of aromatic nitrogens is 1. The Bertz CT molecular complexity index is 888. The normalized spacial score (nSPS) is 12.2. The molecule has 0 radical (unpaired) electrons. The third-order valence-corrected chi connectivity index (χ3v) is 3.81. The molecule has 1 unspecified atom stereocenters. The molecule has 0 spiro atoms. The van der Waals surface area contributed by atoms with Crippen molar-refractivity contribution in [1.29, 1.82) is 0 Å². The summed E-state index contributed by atoms with van der Waals surface area (Å²) in [6.45, 7) is -0.330. The highest BCUT2D eigenvalue weighted by Crippen LogP contribution is 2.32. The average Bonchev–Trinajstić information content (AvgIpc) is 2.96. The number of para-hydroxylation sites is 1. The van der Waals surface area contributed by atoms with Crippen LogP contribution in [-0.4, -0.2) is 21.4 Å². The van der Waals surface area contributed by atoms with Gasteiger partial charge in [0.25, 0.3) is 5.69 Å². The molecule has 1 atom stereocenters. The maximum absolute atomic E-state index is 11.1. The quantitative estimate of drug-likeness (QED) is 0.575. The van der Waals surface area contributed by atoms with E-state index < -0.39 is 15.8 Å². The Kier molecular flexibility index (Phi) is 3.76. The number of benzene rings is 2. The van der Waals surface area contributed by atoms with Crippen LogP contribution in [0.1, 0.15) is 17.0 Å². The van der Waals surface area contributed by atoms with Crippen molar-refractivity contribution in [2.45, 2.75) is 5.92 Å². The second-order valence-electron chi connectivity index (χ2n) is 5.21. The number of nitro benzene ring substituents is 1. The topological polar surface area (TPSA) is 102 Å². The zero-order chi connectivity index (χ0) is 16.4. The minimum absolute atomic E-state index is 0.0734. The lowest BCUT2D eigenvalue weighted by molar-refractivity contribution is -0.481. The van der Waals surface area contributed by atoms with Crippen LogP contribution < -0.4 is 0 Å². The molecule has 0 amide bonds. The smallest absolute Gasteiger partial charge is 0.269 e. The number of hydrogen-bond acceptors (Lipinski definition) is 4. The fourth-order valence-electron chi connectivity index (χ4n) is 2.77. The highest BCUT2D eigenvalue weighted by Gasteiger charge is 2.24. The number of nitrogens with zero attached hydrogens (tertiary/aromatic N) is 2. The van der Waals surface area contributed by atoms with Crippen molar-refractivity contribution >= 4 is 16.6 Å². The summed E-state index contributed by atoms with van der Waals surface area (Å²) in [6.07, 6.45) is 1.73. The summed E-state index contributed by atoms with van der Waals surface area (Å²) in [5, 5.41) is 22.9. The number of fused-ring (bicyclic) bond motifs is 1. The van der Waals surface area contributed by atoms with Gasteiger partial charge in [-0.1, -0.05) is 30.3 Å². The van der Waals surface area contributed by atoms with E-state index >= 15 is 0 Å². The number of non-ortho nitro benzene ring substituents is 1.